The van der Waals surface area contributed by atoms with Crippen LogP contribution in [0.15, 0.2) is 70.7 Å². The molecule has 9 heteroatoms. The van der Waals surface area contributed by atoms with E-state index in [-0.39, 0.29) is 17.0 Å². The summed E-state index contributed by atoms with van der Waals surface area (Å²) in [5, 5.41) is 23.0. The Balaban J connectivity index is 1.69. The molecule has 3 aromatic rings. The molecule has 0 saturated carbocycles. The van der Waals surface area contributed by atoms with Crippen molar-refractivity contribution in [2.24, 2.45) is 0 Å². The Morgan fingerprint density at radius 1 is 1.18 bits per heavy atom. The van der Waals surface area contributed by atoms with Crippen LogP contribution in [0, 0.1) is 21.4 Å². The summed E-state index contributed by atoms with van der Waals surface area (Å²) in [6.07, 6.45) is 2.97. The molecular weight excluding hydrogens is 438 g/mol. The second kappa shape index (κ2) is 11.2. The third kappa shape index (κ3) is 6.17. The molecule has 0 aliphatic rings. The van der Waals surface area contributed by atoms with Gasteiger partial charge in [0.1, 0.15) is 23.2 Å². The maximum atomic E-state index is 12.5. The number of esters is 1. The number of carbonyl (C=O) groups excluding carboxylic acids is 2. The summed E-state index contributed by atoms with van der Waals surface area (Å²) in [6, 6.07) is 17.0. The van der Waals surface area contributed by atoms with Crippen LogP contribution in [0.25, 0.3) is 17.4 Å². The average molecular weight is 459 g/mol. The Morgan fingerprint density at radius 2 is 1.94 bits per heavy atom. The van der Waals surface area contributed by atoms with E-state index in [2.05, 4.69) is 5.32 Å². The van der Waals surface area contributed by atoms with E-state index in [1.165, 1.54) is 48.5 Å². The number of anilines is 1. The predicted octanol–water partition coefficient (Wildman–Crippen LogP) is 5.36. The summed E-state index contributed by atoms with van der Waals surface area (Å²) < 4.78 is 10.8. The molecule has 34 heavy (non-hydrogen) atoms. The zero-order valence-electron chi connectivity index (χ0n) is 18.3. The van der Waals surface area contributed by atoms with Gasteiger partial charge in [0.25, 0.3) is 11.6 Å². The van der Waals surface area contributed by atoms with Crippen molar-refractivity contribution in [3.63, 3.8) is 0 Å². The highest BCUT2D eigenvalue weighted by Gasteiger charge is 2.14. The normalized spacial score (nSPS) is 10.9. The van der Waals surface area contributed by atoms with E-state index in [4.69, 9.17) is 9.15 Å². The maximum Gasteiger partial charge on any atom is 0.338 e. The minimum absolute atomic E-state index is 0.0803. The van der Waals surface area contributed by atoms with E-state index < -0.39 is 16.8 Å². The highest BCUT2D eigenvalue weighted by molar-refractivity contribution is 6.09. The Kier molecular flexibility index (Phi) is 7.92. The third-order valence-corrected chi connectivity index (χ3v) is 4.73. The molecule has 0 bridgehead atoms. The number of unbranched alkanes of at least 4 members (excludes halogenated alkanes) is 1. The smallest absolute Gasteiger partial charge is 0.338 e. The Labute approximate surface area is 195 Å². The van der Waals surface area contributed by atoms with E-state index in [0.717, 1.165) is 12.8 Å². The van der Waals surface area contributed by atoms with Gasteiger partial charge in [0, 0.05) is 29.5 Å². The lowest BCUT2D eigenvalue weighted by Gasteiger charge is -2.06. The molecule has 1 aromatic heterocycles. The summed E-state index contributed by atoms with van der Waals surface area (Å²) in [6.45, 7) is 2.34. The van der Waals surface area contributed by atoms with E-state index in [1.807, 2.05) is 13.0 Å². The van der Waals surface area contributed by atoms with Crippen LogP contribution in [-0.2, 0) is 9.53 Å². The van der Waals surface area contributed by atoms with Gasteiger partial charge in [-0.05, 0) is 42.8 Å². The van der Waals surface area contributed by atoms with Gasteiger partial charge < -0.3 is 14.5 Å². The summed E-state index contributed by atoms with van der Waals surface area (Å²) >= 11 is 0. The van der Waals surface area contributed by atoms with E-state index >= 15 is 0 Å². The first-order chi connectivity index (χ1) is 16.4. The standard InChI is InChI=1S/C25H21N3O6/c1-2-3-13-33-25(30)17-7-9-20(10-8-17)27-24(29)19(16-26)15-22-11-12-23(34-22)18-5-4-6-21(14-18)28(31)32/h4-12,14-15H,2-3,13H2,1H3,(H,27,29). The fraction of sp³-hybridized carbons (Fsp3) is 0.160. The molecule has 0 aliphatic carbocycles. The molecule has 3 rings (SSSR count). The fourth-order valence-corrected chi connectivity index (χ4v) is 2.93. The van der Waals surface area contributed by atoms with Crippen molar-refractivity contribution in [1.29, 1.82) is 5.26 Å². The topological polar surface area (TPSA) is 135 Å². The van der Waals surface area contributed by atoms with Crippen LogP contribution in [0.2, 0.25) is 0 Å². The number of nitriles is 1. The fourth-order valence-electron chi connectivity index (χ4n) is 2.93. The number of hydrogen-bond acceptors (Lipinski definition) is 7. The number of non-ortho nitro benzene ring substituents is 1. The maximum absolute atomic E-state index is 12.5. The van der Waals surface area contributed by atoms with Crippen molar-refractivity contribution in [2.75, 3.05) is 11.9 Å². The number of rotatable bonds is 9. The lowest BCUT2D eigenvalue weighted by Crippen LogP contribution is -2.13. The van der Waals surface area contributed by atoms with Crippen molar-refractivity contribution >= 4 is 29.3 Å². The van der Waals surface area contributed by atoms with Gasteiger partial charge in [-0.25, -0.2) is 4.79 Å². The number of hydrogen-bond donors (Lipinski definition) is 1. The number of amides is 1. The largest absolute Gasteiger partial charge is 0.462 e. The number of ether oxygens (including phenoxy) is 1. The number of nitrogens with zero attached hydrogens (tertiary/aromatic N) is 2. The SMILES string of the molecule is CCCCOC(=O)c1ccc(NC(=O)C(C#N)=Cc2ccc(-c3cccc([N+](=O)[O-])c3)o2)cc1. The van der Waals surface area contributed by atoms with Crippen LogP contribution >= 0.6 is 0 Å². The zero-order chi connectivity index (χ0) is 24.5. The monoisotopic (exact) mass is 459 g/mol. The molecule has 1 heterocycles. The predicted molar refractivity (Wildman–Crippen MR) is 125 cm³/mol. The van der Waals surface area contributed by atoms with E-state index in [9.17, 15) is 25.0 Å². The van der Waals surface area contributed by atoms with E-state index in [1.54, 1.807) is 18.2 Å². The molecule has 0 aliphatic heterocycles. The summed E-state index contributed by atoms with van der Waals surface area (Å²) in [7, 11) is 0. The second-order valence-corrected chi connectivity index (χ2v) is 7.20. The molecule has 2 aromatic carbocycles. The van der Waals surface area contributed by atoms with Gasteiger partial charge in [-0.3, -0.25) is 14.9 Å². The van der Waals surface area contributed by atoms with Gasteiger partial charge in [-0.1, -0.05) is 25.5 Å². The Hall–Kier alpha value is -4.71. The number of benzene rings is 2. The molecule has 0 unspecified atom stereocenters. The van der Waals surface area contributed by atoms with Crippen molar-refractivity contribution in [1.82, 2.24) is 0 Å². The first-order valence-electron chi connectivity index (χ1n) is 10.5. The van der Waals surface area contributed by atoms with Gasteiger partial charge in [-0.2, -0.15) is 5.26 Å². The molecule has 172 valence electrons. The molecule has 0 fully saturated rings. The number of carbonyl (C=O) groups is 2. The Morgan fingerprint density at radius 3 is 2.62 bits per heavy atom. The first kappa shape index (κ1) is 23.9. The molecule has 0 atom stereocenters. The highest BCUT2D eigenvalue weighted by Crippen LogP contribution is 2.26. The molecule has 0 radical (unpaired) electrons. The molecular formula is C25H21N3O6. The van der Waals surface area contributed by atoms with Gasteiger partial charge in [0.05, 0.1) is 17.1 Å². The number of nitro benzene ring substituents is 1. The van der Waals surface area contributed by atoms with Crippen LogP contribution in [0.4, 0.5) is 11.4 Å². The second-order valence-electron chi connectivity index (χ2n) is 7.20. The molecule has 0 spiro atoms. The number of nitrogens with one attached hydrogen (secondary N) is 1. The molecule has 0 saturated heterocycles. The van der Waals surface area contributed by atoms with Crippen molar-refractivity contribution in [3.8, 4) is 17.4 Å². The quantitative estimate of drug-likeness (QED) is 0.114. The Bertz CT molecular complexity index is 1270. The van der Waals surface area contributed by atoms with Crippen LogP contribution < -0.4 is 5.32 Å². The van der Waals surface area contributed by atoms with Crippen LogP contribution in [0.1, 0.15) is 35.9 Å². The minimum Gasteiger partial charge on any atom is -0.462 e. The number of furan rings is 1. The molecule has 1 N–H and O–H groups in total. The van der Waals surface area contributed by atoms with E-state index in [0.29, 0.717) is 29.2 Å². The van der Waals surface area contributed by atoms with Gasteiger partial charge in [0.15, 0.2) is 0 Å². The van der Waals surface area contributed by atoms with Crippen LogP contribution in [0.3, 0.4) is 0 Å². The number of nitro groups is 1. The van der Waals surface area contributed by atoms with Crippen molar-refractivity contribution in [2.45, 2.75) is 19.8 Å². The van der Waals surface area contributed by atoms with Gasteiger partial charge in [0.2, 0.25) is 0 Å². The first-order valence-corrected chi connectivity index (χ1v) is 10.5. The summed E-state index contributed by atoms with van der Waals surface area (Å²) in [5.74, 6) is -0.511. The molecule has 9 nitrogen and oxygen atoms in total. The summed E-state index contributed by atoms with van der Waals surface area (Å²) in [4.78, 5) is 34.9. The average Bonchev–Trinajstić information content (AvgIpc) is 3.32. The highest BCUT2D eigenvalue weighted by atomic mass is 16.6. The lowest BCUT2D eigenvalue weighted by atomic mass is 10.1. The van der Waals surface area contributed by atoms with Crippen molar-refractivity contribution < 1.29 is 23.7 Å². The lowest BCUT2D eigenvalue weighted by molar-refractivity contribution is -0.384. The summed E-state index contributed by atoms with van der Waals surface area (Å²) in [5.41, 5.74) is 0.957. The minimum atomic E-state index is -0.658. The molecule has 1 amide bonds. The van der Waals surface area contributed by atoms with Gasteiger partial charge in [-0.15, -0.1) is 0 Å². The van der Waals surface area contributed by atoms with Gasteiger partial charge >= 0.3 is 5.97 Å². The van der Waals surface area contributed by atoms with Crippen LogP contribution in [0.5, 0.6) is 0 Å². The van der Waals surface area contributed by atoms with Crippen molar-refractivity contribution in [3.05, 3.63) is 87.7 Å². The zero-order valence-corrected chi connectivity index (χ0v) is 18.3. The third-order valence-electron chi connectivity index (χ3n) is 4.73. The van der Waals surface area contributed by atoms with Crippen LogP contribution in [-0.4, -0.2) is 23.4 Å².